The van der Waals surface area contributed by atoms with Crippen molar-refractivity contribution in [2.24, 2.45) is 0 Å². The molecule has 7 heteroatoms. The number of halogens is 3. The quantitative estimate of drug-likeness (QED) is 0.627. The second-order valence-electron chi connectivity index (χ2n) is 3.93. The van der Waals surface area contributed by atoms with Gasteiger partial charge in [-0.25, -0.2) is 9.97 Å². The van der Waals surface area contributed by atoms with E-state index in [1.807, 2.05) is 6.07 Å². The van der Waals surface area contributed by atoms with Crippen molar-refractivity contribution in [3.8, 4) is 11.3 Å². The molecule has 0 bridgehead atoms. The van der Waals surface area contributed by atoms with Gasteiger partial charge >= 0.3 is 11.3 Å². The second kappa shape index (κ2) is 5.62. The normalized spacial score (nSPS) is 11.4. The molecule has 104 valence electrons. The van der Waals surface area contributed by atoms with Crippen molar-refractivity contribution in [1.29, 1.82) is 0 Å². The SMILES string of the molecule is Cc1cc(-c2ccccc2)nc(SC(=O)C(F)(F)F)n1. The van der Waals surface area contributed by atoms with Crippen LogP contribution in [0.3, 0.4) is 0 Å². The Labute approximate surface area is 117 Å². The largest absolute Gasteiger partial charge is 0.461 e. The van der Waals surface area contributed by atoms with E-state index in [0.717, 1.165) is 5.56 Å². The third kappa shape index (κ3) is 3.57. The molecule has 0 radical (unpaired) electrons. The first kappa shape index (κ1) is 14.5. The molecule has 0 aliphatic rings. The fourth-order valence-corrected chi connectivity index (χ4v) is 2.10. The van der Waals surface area contributed by atoms with Crippen LogP contribution in [0.4, 0.5) is 13.2 Å². The van der Waals surface area contributed by atoms with Crippen LogP contribution in [0.1, 0.15) is 5.69 Å². The van der Waals surface area contributed by atoms with Crippen LogP contribution < -0.4 is 0 Å². The summed E-state index contributed by atoms with van der Waals surface area (Å²) in [4.78, 5) is 18.8. The van der Waals surface area contributed by atoms with E-state index in [0.29, 0.717) is 11.4 Å². The first-order valence-electron chi connectivity index (χ1n) is 5.56. The molecule has 1 aromatic heterocycles. The Bertz CT molecular complexity index is 629. The molecule has 1 aromatic carbocycles. The highest BCUT2D eigenvalue weighted by Crippen LogP contribution is 2.28. The van der Waals surface area contributed by atoms with Gasteiger partial charge < -0.3 is 0 Å². The number of hydrogen-bond donors (Lipinski definition) is 0. The van der Waals surface area contributed by atoms with Crippen LogP contribution in [0.25, 0.3) is 11.3 Å². The van der Waals surface area contributed by atoms with Gasteiger partial charge in [0, 0.05) is 11.3 Å². The highest BCUT2D eigenvalue weighted by Gasteiger charge is 2.39. The van der Waals surface area contributed by atoms with Gasteiger partial charge in [0.15, 0.2) is 5.16 Å². The van der Waals surface area contributed by atoms with Crippen molar-refractivity contribution in [1.82, 2.24) is 9.97 Å². The lowest BCUT2D eigenvalue weighted by Gasteiger charge is -2.06. The molecular formula is C13H9F3N2OS. The van der Waals surface area contributed by atoms with Crippen LogP contribution in [-0.4, -0.2) is 21.3 Å². The maximum atomic E-state index is 12.2. The number of alkyl halides is 3. The van der Waals surface area contributed by atoms with Gasteiger partial charge in [0.1, 0.15) is 0 Å². The lowest BCUT2D eigenvalue weighted by Crippen LogP contribution is -2.19. The van der Waals surface area contributed by atoms with Gasteiger partial charge in [-0.3, -0.25) is 4.79 Å². The molecule has 0 spiro atoms. The Morgan fingerprint density at radius 3 is 2.40 bits per heavy atom. The molecule has 0 saturated carbocycles. The third-order valence-corrected chi connectivity index (χ3v) is 3.10. The fourth-order valence-electron chi connectivity index (χ4n) is 1.48. The molecule has 0 N–H and O–H groups in total. The Morgan fingerprint density at radius 1 is 1.15 bits per heavy atom. The number of benzene rings is 1. The van der Waals surface area contributed by atoms with Crippen LogP contribution in [0, 0.1) is 6.92 Å². The van der Waals surface area contributed by atoms with E-state index in [9.17, 15) is 18.0 Å². The molecule has 0 saturated heterocycles. The number of nitrogens with zero attached hydrogens (tertiary/aromatic N) is 2. The average Bonchev–Trinajstić information content (AvgIpc) is 2.38. The molecule has 20 heavy (non-hydrogen) atoms. The van der Waals surface area contributed by atoms with Crippen molar-refractivity contribution >= 4 is 16.9 Å². The van der Waals surface area contributed by atoms with Gasteiger partial charge in [-0.2, -0.15) is 13.2 Å². The minimum Gasteiger partial charge on any atom is -0.276 e. The summed E-state index contributed by atoms with van der Waals surface area (Å²) in [6, 6.07) is 10.6. The predicted octanol–water partition coefficient (Wildman–Crippen LogP) is 3.63. The zero-order valence-corrected chi connectivity index (χ0v) is 11.1. The fraction of sp³-hybridized carbons (Fsp3) is 0.154. The summed E-state index contributed by atoms with van der Waals surface area (Å²) in [5.74, 6) is 0. The van der Waals surface area contributed by atoms with Gasteiger partial charge in [-0.1, -0.05) is 30.3 Å². The molecular weight excluding hydrogens is 289 g/mol. The Morgan fingerprint density at radius 2 is 1.80 bits per heavy atom. The van der Waals surface area contributed by atoms with E-state index < -0.39 is 11.3 Å². The summed E-state index contributed by atoms with van der Waals surface area (Å²) >= 11 is -0.0126. The number of aromatic nitrogens is 2. The summed E-state index contributed by atoms with van der Waals surface area (Å²) in [6.07, 6.45) is -4.90. The lowest BCUT2D eigenvalue weighted by atomic mass is 10.1. The molecule has 2 rings (SSSR count). The van der Waals surface area contributed by atoms with Crippen molar-refractivity contribution in [3.05, 3.63) is 42.1 Å². The Kier molecular flexibility index (Phi) is 4.08. The van der Waals surface area contributed by atoms with Gasteiger partial charge in [-0.15, -0.1) is 0 Å². The Balaban J connectivity index is 2.33. The topological polar surface area (TPSA) is 42.9 Å². The maximum absolute atomic E-state index is 12.2. The molecule has 0 atom stereocenters. The zero-order valence-electron chi connectivity index (χ0n) is 10.3. The monoisotopic (exact) mass is 298 g/mol. The van der Waals surface area contributed by atoms with Gasteiger partial charge in [0.25, 0.3) is 0 Å². The van der Waals surface area contributed by atoms with Crippen LogP contribution in [0.2, 0.25) is 0 Å². The van der Waals surface area contributed by atoms with Crippen LogP contribution >= 0.6 is 11.8 Å². The first-order valence-corrected chi connectivity index (χ1v) is 6.38. The van der Waals surface area contributed by atoms with Crippen LogP contribution in [0.5, 0.6) is 0 Å². The molecule has 0 aliphatic carbocycles. The van der Waals surface area contributed by atoms with Gasteiger partial charge in [-0.05, 0) is 24.8 Å². The van der Waals surface area contributed by atoms with Crippen molar-refractivity contribution in [3.63, 3.8) is 0 Å². The molecule has 0 fully saturated rings. The lowest BCUT2D eigenvalue weighted by molar-refractivity contribution is -0.160. The summed E-state index contributed by atoms with van der Waals surface area (Å²) in [5.41, 5.74) is 1.73. The number of rotatable bonds is 2. The van der Waals surface area contributed by atoms with Crippen LogP contribution in [0.15, 0.2) is 41.6 Å². The van der Waals surface area contributed by atoms with E-state index in [1.54, 1.807) is 37.3 Å². The van der Waals surface area contributed by atoms with Crippen molar-refractivity contribution < 1.29 is 18.0 Å². The highest BCUT2D eigenvalue weighted by atomic mass is 32.2. The number of thioether (sulfide) groups is 1. The molecule has 1 heterocycles. The molecule has 0 unspecified atom stereocenters. The molecule has 0 amide bonds. The highest BCUT2D eigenvalue weighted by molar-refractivity contribution is 8.13. The van der Waals surface area contributed by atoms with Gasteiger partial charge in [0.05, 0.1) is 5.69 Å². The summed E-state index contributed by atoms with van der Waals surface area (Å²) < 4.78 is 36.7. The standard InChI is InChI=1S/C13H9F3N2OS/c1-8-7-10(9-5-3-2-4-6-9)18-12(17-8)20-11(19)13(14,15)16/h2-7H,1H3. The predicted molar refractivity (Wildman–Crippen MR) is 69.1 cm³/mol. The number of aryl methyl sites for hydroxylation is 1. The van der Waals surface area contributed by atoms with E-state index in [4.69, 9.17) is 0 Å². The molecule has 3 nitrogen and oxygen atoms in total. The summed E-state index contributed by atoms with van der Waals surface area (Å²) in [7, 11) is 0. The zero-order chi connectivity index (χ0) is 14.8. The summed E-state index contributed by atoms with van der Waals surface area (Å²) in [5, 5.41) is -2.13. The maximum Gasteiger partial charge on any atom is 0.461 e. The van der Waals surface area contributed by atoms with E-state index in [-0.39, 0.29) is 16.9 Å². The van der Waals surface area contributed by atoms with E-state index >= 15 is 0 Å². The minimum atomic E-state index is -4.90. The average molecular weight is 298 g/mol. The van der Waals surface area contributed by atoms with Crippen LogP contribution in [-0.2, 0) is 4.79 Å². The minimum absolute atomic E-state index is 0.0126. The second-order valence-corrected chi connectivity index (χ2v) is 4.87. The Hall–Kier alpha value is -1.89. The van der Waals surface area contributed by atoms with E-state index in [2.05, 4.69) is 9.97 Å². The number of hydrogen-bond acceptors (Lipinski definition) is 4. The smallest absolute Gasteiger partial charge is 0.276 e. The van der Waals surface area contributed by atoms with Gasteiger partial charge in [0.2, 0.25) is 0 Å². The van der Waals surface area contributed by atoms with E-state index in [1.165, 1.54) is 0 Å². The van der Waals surface area contributed by atoms with Crippen molar-refractivity contribution in [2.45, 2.75) is 18.3 Å². The third-order valence-electron chi connectivity index (χ3n) is 2.32. The van der Waals surface area contributed by atoms with Crippen molar-refractivity contribution in [2.75, 3.05) is 0 Å². The molecule has 0 aliphatic heterocycles. The first-order chi connectivity index (χ1) is 9.36. The number of carbonyl (C=O) groups excluding carboxylic acids is 1. The summed E-state index contributed by atoms with van der Waals surface area (Å²) in [6.45, 7) is 1.64. The number of carbonyl (C=O) groups is 1. The molecule has 2 aromatic rings.